The average Bonchev–Trinajstić information content (AvgIpc) is 2.38. The molecule has 2 heterocycles. The van der Waals surface area contributed by atoms with Crippen LogP contribution in [0.5, 0.6) is 0 Å². The van der Waals surface area contributed by atoms with Crippen molar-refractivity contribution in [3.8, 4) is 0 Å². The molecule has 0 atom stereocenters. The van der Waals surface area contributed by atoms with E-state index in [1.807, 2.05) is 0 Å². The summed E-state index contributed by atoms with van der Waals surface area (Å²) in [6, 6.07) is 0. The van der Waals surface area contributed by atoms with Gasteiger partial charge in [-0.25, -0.2) is 9.97 Å². The molecule has 2 N–H and O–H groups in total. The lowest BCUT2D eigenvalue weighted by Crippen LogP contribution is -2.50. The lowest BCUT2D eigenvalue weighted by atomic mass is 10.2. The second-order valence-corrected chi connectivity index (χ2v) is 4.09. The Balaban J connectivity index is 2.04. The molecule has 0 saturated carbocycles. The molecule has 0 unspecified atom stereocenters. The van der Waals surface area contributed by atoms with E-state index < -0.39 is 0 Å². The molecule has 2 amide bonds. The lowest BCUT2D eigenvalue weighted by molar-refractivity contribution is -0.130. The fourth-order valence-corrected chi connectivity index (χ4v) is 1.89. The second kappa shape index (κ2) is 4.99. The smallest absolute Gasteiger partial charge is 0.276 e. The van der Waals surface area contributed by atoms with Gasteiger partial charge in [-0.05, 0) is 0 Å². The third kappa shape index (κ3) is 2.39. The van der Waals surface area contributed by atoms with Crippen LogP contribution in [0, 0.1) is 0 Å². The summed E-state index contributed by atoms with van der Waals surface area (Å²) in [4.78, 5) is 34.5. The maximum atomic E-state index is 12.1. The van der Waals surface area contributed by atoms with E-state index in [9.17, 15) is 9.59 Å². The summed E-state index contributed by atoms with van der Waals surface area (Å²) < 4.78 is 0. The molecule has 0 aromatic carbocycles. The van der Waals surface area contributed by atoms with Crippen LogP contribution >= 0.6 is 0 Å². The van der Waals surface area contributed by atoms with Crippen LogP contribution in [-0.2, 0) is 4.79 Å². The summed E-state index contributed by atoms with van der Waals surface area (Å²) >= 11 is 0. The first-order valence-electron chi connectivity index (χ1n) is 5.71. The number of carbonyl (C=O) groups is 2. The Morgan fingerprint density at radius 3 is 2.22 bits per heavy atom. The van der Waals surface area contributed by atoms with E-state index in [0.717, 1.165) is 0 Å². The molecule has 0 aliphatic carbocycles. The zero-order valence-electron chi connectivity index (χ0n) is 10.2. The highest BCUT2D eigenvalue weighted by Crippen LogP contribution is 2.10. The van der Waals surface area contributed by atoms with Crippen molar-refractivity contribution in [3.63, 3.8) is 0 Å². The maximum absolute atomic E-state index is 12.1. The third-order valence-electron chi connectivity index (χ3n) is 2.94. The van der Waals surface area contributed by atoms with Crippen LogP contribution in [0.3, 0.4) is 0 Å². The normalized spacial score (nSPS) is 15.6. The molecule has 1 aliphatic rings. The van der Waals surface area contributed by atoms with Crippen molar-refractivity contribution >= 4 is 17.6 Å². The minimum absolute atomic E-state index is 0.0288. The Bertz CT molecular complexity index is 468. The van der Waals surface area contributed by atoms with E-state index in [2.05, 4.69) is 9.97 Å². The largest absolute Gasteiger partial charge is 0.382 e. The van der Waals surface area contributed by atoms with Gasteiger partial charge >= 0.3 is 0 Å². The van der Waals surface area contributed by atoms with Crippen molar-refractivity contribution in [1.29, 1.82) is 0 Å². The lowest BCUT2D eigenvalue weighted by Gasteiger charge is -2.34. The van der Waals surface area contributed by atoms with Crippen LogP contribution in [0.1, 0.15) is 17.4 Å². The number of rotatable bonds is 1. The third-order valence-corrected chi connectivity index (χ3v) is 2.94. The van der Waals surface area contributed by atoms with Gasteiger partial charge in [0.2, 0.25) is 5.91 Å². The number of aromatic nitrogens is 2. The molecule has 1 aromatic heterocycles. The molecular formula is C11H15N5O2. The number of carbonyl (C=O) groups excluding carboxylic acids is 2. The Morgan fingerprint density at radius 2 is 1.67 bits per heavy atom. The van der Waals surface area contributed by atoms with Crippen LogP contribution in [0.4, 0.5) is 5.82 Å². The van der Waals surface area contributed by atoms with Crippen molar-refractivity contribution in [2.75, 3.05) is 31.9 Å². The van der Waals surface area contributed by atoms with Gasteiger partial charge in [-0.1, -0.05) is 0 Å². The summed E-state index contributed by atoms with van der Waals surface area (Å²) in [6.07, 6.45) is 2.88. The van der Waals surface area contributed by atoms with Gasteiger partial charge in [0.15, 0.2) is 11.5 Å². The van der Waals surface area contributed by atoms with Gasteiger partial charge in [-0.15, -0.1) is 0 Å². The standard InChI is InChI=1S/C11H15N5O2/c1-8(17)15-4-6-16(7-5-15)11(18)9-10(12)14-3-2-13-9/h2-3H,4-7H2,1H3,(H2,12,14). The number of nitrogens with zero attached hydrogens (tertiary/aromatic N) is 4. The van der Waals surface area contributed by atoms with Crippen LogP contribution in [0.25, 0.3) is 0 Å². The van der Waals surface area contributed by atoms with Gasteiger partial charge in [0.25, 0.3) is 5.91 Å². The Hall–Kier alpha value is -2.18. The molecule has 0 bridgehead atoms. The first-order valence-corrected chi connectivity index (χ1v) is 5.71. The van der Waals surface area contributed by atoms with E-state index in [1.165, 1.54) is 19.3 Å². The van der Waals surface area contributed by atoms with Gasteiger partial charge in [-0.2, -0.15) is 0 Å². The highest BCUT2D eigenvalue weighted by atomic mass is 16.2. The SMILES string of the molecule is CC(=O)N1CCN(C(=O)c2nccnc2N)CC1. The molecule has 1 fully saturated rings. The van der Waals surface area contributed by atoms with Crippen molar-refractivity contribution in [3.05, 3.63) is 18.1 Å². The summed E-state index contributed by atoms with van der Waals surface area (Å²) in [5.41, 5.74) is 5.79. The van der Waals surface area contributed by atoms with Crippen molar-refractivity contribution < 1.29 is 9.59 Å². The molecule has 7 nitrogen and oxygen atoms in total. The molecule has 18 heavy (non-hydrogen) atoms. The molecule has 1 saturated heterocycles. The molecule has 0 spiro atoms. The summed E-state index contributed by atoms with van der Waals surface area (Å²) in [7, 11) is 0. The first kappa shape index (κ1) is 12.3. The van der Waals surface area contributed by atoms with Crippen LogP contribution in [0.2, 0.25) is 0 Å². The molecule has 96 valence electrons. The zero-order valence-corrected chi connectivity index (χ0v) is 10.2. The highest BCUT2D eigenvalue weighted by molar-refractivity contribution is 5.96. The molecule has 2 rings (SSSR count). The highest BCUT2D eigenvalue weighted by Gasteiger charge is 2.25. The minimum Gasteiger partial charge on any atom is -0.382 e. The molecule has 1 aliphatic heterocycles. The second-order valence-electron chi connectivity index (χ2n) is 4.09. The summed E-state index contributed by atoms with van der Waals surface area (Å²) in [5, 5.41) is 0. The fraction of sp³-hybridized carbons (Fsp3) is 0.455. The van der Waals surface area contributed by atoms with Crippen molar-refractivity contribution in [2.45, 2.75) is 6.92 Å². The minimum atomic E-state index is -0.233. The zero-order chi connectivity index (χ0) is 13.1. The Morgan fingerprint density at radius 1 is 1.11 bits per heavy atom. The first-order chi connectivity index (χ1) is 8.59. The molecule has 7 heteroatoms. The van der Waals surface area contributed by atoms with E-state index in [1.54, 1.807) is 9.80 Å². The van der Waals surface area contributed by atoms with Crippen molar-refractivity contribution in [2.24, 2.45) is 0 Å². The number of amides is 2. The molecule has 1 aromatic rings. The molecule has 0 radical (unpaired) electrons. The van der Waals surface area contributed by atoms with Crippen LogP contribution in [0.15, 0.2) is 12.4 Å². The topological polar surface area (TPSA) is 92.4 Å². The van der Waals surface area contributed by atoms with E-state index in [0.29, 0.717) is 26.2 Å². The molecular weight excluding hydrogens is 234 g/mol. The van der Waals surface area contributed by atoms with Crippen LogP contribution in [-0.4, -0.2) is 57.8 Å². The van der Waals surface area contributed by atoms with E-state index in [-0.39, 0.29) is 23.3 Å². The number of nitrogen functional groups attached to an aromatic ring is 1. The van der Waals surface area contributed by atoms with Crippen LogP contribution < -0.4 is 5.73 Å². The number of hydrogen-bond acceptors (Lipinski definition) is 5. The number of piperazine rings is 1. The Labute approximate surface area is 105 Å². The van der Waals surface area contributed by atoms with E-state index >= 15 is 0 Å². The quantitative estimate of drug-likeness (QED) is 0.715. The van der Waals surface area contributed by atoms with Gasteiger partial charge in [0.1, 0.15) is 0 Å². The van der Waals surface area contributed by atoms with Gasteiger partial charge in [0, 0.05) is 45.5 Å². The summed E-state index contributed by atoms with van der Waals surface area (Å²) in [6.45, 7) is 3.60. The number of anilines is 1. The van der Waals surface area contributed by atoms with Gasteiger partial charge in [-0.3, -0.25) is 9.59 Å². The average molecular weight is 249 g/mol. The number of hydrogen-bond donors (Lipinski definition) is 1. The fourth-order valence-electron chi connectivity index (χ4n) is 1.89. The monoisotopic (exact) mass is 249 g/mol. The predicted octanol–water partition coefficient (Wildman–Crippen LogP) is -0.637. The number of nitrogens with two attached hydrogens (primary N) is 1. The van der Waals surface area contributed by atoms with E-state index in [4.69, 9.17) is 5.73 Å². The van der Waals surface area contributed by atoms with Gasteiger partial charge in [0.05, 0.1) is 0 Å². The van der Waals surface area contributed by atoms with Gasteiger partial charge < -0.3 is 15.5 Å². The maximum Gasteiger partial charge on any atom is 0.276 e. The van der Waals surface area contributed by atoms with Crippen molar-refractivity contribution in [1.82, 2.24) is 19.8 Å². The Kier molecular flexibility index (Phi) is 3.40. The summed E-state index contributed by atoms with van der Waals surface area (Å²) in [5.74, 6) is -0.0681. The predicted molar refractivity (Wildman–Crippen MR) is 64.6 cm³/mol.